The smallest absolute Gasteiger partial charge is 0.227 e. The molecule has 1 aliphatic heterocycles. The van der Waals surface area contributed by atoms with Crippen LogP contribution in [0.2, 0.25) is 0 Å². The molecule has 0 aromatic heterocycles. The second kappa shape index (κ2) is 5.32. The molecular formula is C14H20N2O. The summed E-state index contributed by atoms with van der Waals surface area (Å²) in [5.74, 6) is 0.244. The van der Waals surface area contributed by atoms with Crippen LogP contribution in [0.4, 0.5) is 0 Å². The number of aryl methyl sites for hydroxylation is 1. The molecule has 1 amide bonds. The van der Waals surface area contributed by atoms with Crippen molar-refractivity contribution < 1.29 is 4.79 Å². The zero-order valence-electron chi connectivity index (χ0n) is 10.6. The molecule has 1 aliphatic rings. The van der Waals surface area contributed by atoms with E-state index in [1.165, 1.54) is 5.56 Å². The van der Waals surface area contributed by atoms with Gasteiger partial charge in [0.05, 0.1) is 6.42 Å². The van der Waals surface area contributed by atoms with Gasteiger partial charge < -0.3 is 10.2 Å². The van der Waals surface area contributed by atoms with Crippen LogP contribution in [-0.2, 0) is 11.2 Å². The van der Waals surface area contributed by atoms with Gasteiger partial charge in [0.1, 0.15) is 0 Å². The van der Waals surface area contributed by atoms with Crippen LogP contribution in [0, 0.1) is 6.92 Å². The molecule has 3 heteroatoms. The van der Waals surface area contributed by atoms with Crippen LogP contribution in [-0.4, -0.2) is 37.0 Å². The summed E-state index contributed by atoms with van der Waals surface area (Å²) >= 11 is 0. The van der Waals surface area contributed by atoms with Crippen LogP contribution in [0.25, 0.3) is 0 Å². The number of hydrogen-bond acceptors (Lipinski definition) is 2. The molecule has 0 aliphatic carbocycles. The lowest BCUT2D eigenvalue weighted by molar-refractivity contribution is -0.129. The number of rotatable bonds is 3. The maximum Gasteiger partial charge on any atom is 0.227 e. The van der Waals surface area contributed by atoms with E-state index in [0.29, 0.717) is 12.5 Å². The van der Waals surface area contributed by atoms with Crippen molar-refractivity contribution in [3.05, 3.63) is 35.4 Å². The normalized spacial score (nSPS) is 19.6. The highest BCUT2D eigenvalue weighted by atomic mass is 16.2. The highest BCUT2D eigenvalue weighted by Crippen LogP contribution is 2.12. The molecule has 0 bridgehead atoms. The molecule has 0 radical (unpaired) electrons. The zero-order valence-corrected chi connectivity index (χ0v) is 10.6. The van der Waals surface area contributed by atoms with E-state index in [9.17, 15) is 4.79 Å². The fourth-order valence-corrected chi connectivity index (χ4v) is 2.33. The van der Waals surface area contributed by atoms with Gasteiger partial charge in [-0.2, -0.15) is 0 Å². The highest BCUT2D eigenvalue weighted by Gasteiger charge is 2.24. The number of nitrogens with one attached hydrogen (secondary N) is 1. The summed E-state index contributed by atoms with van der Waals surface area (Å²) in [7, 11) is 1.96. The van der Waals surface area contributed by atoms with Crippen LogP contribution in [0.15, 0.2) is 24.3 Å². The molecule has 17 heavy (non-hydrogen) atoms. The number of benzene rings is 1. The van der Waals surface area contributed by atoms with Crippen LogP contribution in [0.5, 0.6) is 0 Å². The maximum atomic E-state index is 12.1. The minimum absolute atomic E-state index is 0.244. The number of likely N-dealkylation sites (tertiary alicyclic amines) is 1. The van der Waals surface area contributed by atoms with Crippen molar-refractivity contribution in [2.75, 3.05) is 20.1 Å². The molecule has 1 aromatic rings. The molecule has 1 aromatic carbocycles. The van der Waals surface area contributed by atoms with Gasteiger partial charge in [-0.15, -0.1) is 0 Å². The summed E-state index contributed by atoms with van der Waals surface area (Å²) in [6.07, 6.45) is 1.59. The molecule has 1 saturated heterocycles. The minimum Gasteiger partial charge on any atom is -0.341 e. The van der Waals surface area contributed by atoms with Crippen molar-refractivity contribution in [3.63, 3.8) is 0 Å². The van der Waals surface area contributed by atoms with Crippen molar-refractivity contribution in [1.82, 2.24) is 10.2 Å². The van der Waals surface area contributed by atoms with E-state index < -0.39 is 0 Å². The lowest BCUT2D eigenvalue weighted by Gasteiger charge is -2.16. The van der Waals surface area contributed by atoms with E-state index in [0.717, 1.165) is 25.1 Å². The Balaban J connectivity index is 1.93. The number of likely N-dealkylation sites (N-methyl/N-ethyl adjacent to an activating group) is 1. The van der Waals surface area contributed by atoms with E-state index in [-0.39, 0.29) is 5.91 Å². The fourth-order valence-electron chi connectivity index (χ4n) is 2.33. The summed E-state index contributed by atoms with van der Waals surface area (Å²) in [6.45, 7) is 3.79. The van der Waals surface area contributed by atoms with Gasteiger partial charge in [-0.3, -0.25) is 4.79 Å². The van der Waals surface area contributed by atoms with Gasteiger partial charge in [-0.1, -0.05) is 29.8 Å². The van der Waals surface area contributed by atoms with E-state index >= 15 is 0 Å². The molecule has 3 nitrogen and oxygen atoms in total. The summed E-state index contributed by atoms with van der Waals surface area (Å²) < 4.78 is 0. The lowest BCUT2D eigenvalue weighted by atomic mass is 10.1. The third-order valence-electron chi connectivity index (χ3n) is 3.39. The molecule has 1 N–H and O–H groups in total. The topological polar surface area (TPSA) is 32.3 Å². The van der Waals surface area contributed by atoms with Crippen molar-refractivity contribution in [2.24, 2.45) is 0 Å². The van der Waals surface area contributed by atoms with Crippen LogP contribution in [0.3, 0.4) is 0 Å². The van der Waals surface area contributed by atoms with E-state index in [1.807, 2.05) is 24.1 Å². The Labute approximate surface area is 103 Å². The summed E-state index contributed by atoms with van der Waals surface area (Å²) in [4.78, 5) is 14.0. The molecular weight excluding hydrogens is 212 g/mol. The predicted molar refractivity (Wildman–Crippen MR) is 68.9 cm³/mol. The first-order valence-electron chi connectivity index (χ1n) is 6.19. The Morgan fingerprint density at radius 2 is 2.35 bits per heavy atom. The van der Waals surface area contributed by atoms with Crippen LogP contribution >= 0.6 is 0 Å². The second-order valence-corrected chi connectivity index (χ2v) is 4.78. The SMILES string of the molecule is CNC1CCN(C(=O)Cc2cccc(C)c2)C1. The van der Waals surface area contributed by atoms with Crippen LogP contribution in [0.1, 0.15) is 17.5 Å². The Morgan fingerprint density at radius 1 is 1.53 bits per heavy atom. The van der Waals surface area contributed by atoms with Crippen LogP contribution < -0.4 is 5.32 Å². The molecule has 2 rings (SSSR count). The number of nitrogens with zero attached hydrogens (tertiary/aromatic N) is 1. The third kappa shape index (κ3) is 3.07. The Morgan fingerprint density at radius 3 is 3.00 bits per heavy atom. The van der Waals surface area contributed by atoms with E-state index in [1.54, 1.807) is 0 Å². The second-order valence-electron chi connectivity index (χ2n) is 4.78. The highest BCUT2D eigenvalue weighted by molar-refractivity contribution is 5.79. The first kappa shape index (κ1) is 12.1. The Kier molecular flexibility index (Phi) is 3.79. The number of carbonyl (C=O) groups excluding carboxylic acids is 1. The molecule has 0 spiro atoms. The van der Waals surface area contributed by atoms with Crippen molar-refractivity contribution in [2.45, 2.75) is 25.8 Å². The maximum absolute atomic E-state index is 12.1. The van der Waals surface area contributed by atoms with Gasteiger partial charge in [-0.25, -0.2) is 0 Å². The Bertz CT molecular complexity index is 403. The molecule has 1 heterocycles. The Hall–Kier alpha value is -1.35. The van der Waals surface area contributed by atoms with Crippen molar-refractivity contribution in [1.29, 1.82) is 0 Å². The first-order chi connectivity index (χ1) is 8.19. The molecule has 92 valence electrons. The minimum atomic E-state index is 0.244. The fraction of sp³-hybridized carbons (Fsp3) is 0.500. The molecule has 1 fully saturated rings. The van der Waals surface area contributed by atoms with E-state index in [2.05, 4.69) is 24.4 Å². The average Bonchev–Trinajstić information content (AvgIpc) is 2.77. The number of hydrogen-bond donors (Lipinski definition) is 1. The van der Waals surface area contributed by atoms with E-state index in [4.69, 9.17) is 0 Å². The monoisotopic (exact) mass is 232 g/mol. The average molecular weight is 232 g/mol. The lowest BCUT2D eigenvalue weighted by Crippen LogP contribution is -2.34. The first-order valence-corrected chi connectivity index (χ1v) is 6.19. The molecule has 0 saturated carbocycles. The zero-order chi connectivity index (χ0) is 12.3. The van der Waals surface area contributed by atoms with Gasteiger partial charge in [0.2, 0.25) is 5.91 Å². The summed E-state index contributed by atoms with van der Waals surface area (Å²) in [6, 6.07) is 8.65. The predicted octanol–water partition coefficient (Wildman–Crippen LogP) is 1.36. The molecule has 1 unspecified atom stereocenters. The summed E-state index contributed by atoms with van der Waals surface area (Å²) in [5, 5.41) is 3.23. The largest absolute Gasteiger partial charge is 0.341 e. The molecule has 1 atom stereocenters. The van der Waals surface area contributed by atoms with Gasteiger partial charge in [0.15, 0.2) is 0 Å². The van der Waals surface area contributed by atoms with Crippen molar-refractivity contribution >= 4 is 5.91 Å². The van der Waals surface area contributed by atoms with Gasteiger partial charge in [0.25, 0.3) is 0 Å². The van der Waals surface area contributed by atoms with Gasteiger partial charge in [0, 0.05) is 19.1 Å². The summed E-state index contributed by atoms with van der Waals surface area (Å²) in [5.41, 5.74) is 2.33. The van der Waals surface area contributed by atoms with Crippen molar-refractivity contribution in [3.8, 4) is 0 Å². The number of carbonyl (C=O) groups is 1. The quantitative estimate of drug-likeness (QED) is 0.853. The number of amides is 1. The standard InChI is InChI=1S/C14H20N2O/c1-11-4-3-5-12(8-11)9-14(17)16-7-6-13(10-16)15-2/h3-5,8,13,15H,6-7,9-10H2,1-2H3. The van der Waals surface area contributed by atoms with Gasteiger partial charge in [-0.05, 0) is 26.0 Å². The third-order valence-corrected chi connectivity index (χ3v) is 3.39. The van der Waals surface area contributed by atoms with Gasteiger partial charge >= 0.3 is 0 Å².